The van der Waals surface area contributed by atoms with Crippen molar-refractivity contribution in [1.82, 2.24) is 10.3 Å². The normalized spacial score (nSPS) is 12.4. The van der Waals surface area contributed by atoms with E-state index in [0.717, 1.165) is 21.5 Å². The Morgan fingerprint density at radius 2 is 2.29 bits per heavy atom. The fraction of sp³-hybridized carbons (Fsp3) is 0.250. The lowest BCUT2D eigenvalue weighted by molar-refractivity contribution is 0.411. The van der Waals surface area contributed by atoms with Gasteiger partial charge >= 0.3 is 0 Å². The lowest BCUT2D eigenvalue weighted by atomic mass is 10.0. The van der Waals surface area contributed by atoms with Gasteiger partial charge in [0.2, 0.25) is 0 Å². The third kappa shape index (κ3) is 2.50. The molecule has 0 amide bonds. The topological polar surface area (TPSA) is 47.3 Å². The van der Waals surface area contributed by atoms with Crippen LogP contribution < -0.4 is 10.1 Å². The van der Waals surface area contributed by atoms with Gasteiger partial charge in [0, 0.05) is 11.8 Å². The van der Waals surface area contributed by atoms with Crippen LogP contribution in [0.15, 0.2) is 39.9 Å². The summed E-state index contributed by atoms with van der Waals surface area (Å²) in [6, 6.07) is 3.89. The SMILES string of the molecule is CNC(c1cncc(OC)c1)c1ccoc1Br. The van der Waals surface area contributed by atoms with Gasteiger partial charge in [-0.15, -0.1) is 0 Å². The molecule has 1 atom stereocenters. The summed E-state index contributed by atoms with van der Waals surface area (Å²) in [7, 11) is 3.52. The number of pyridine rings is 1. The molecule has 0 aliphatic heterocycles. The predicted octanol–water partition coefficient (Wildman–Crippen LogP) is 2.75. The highest BCUT2D eigenvalue weighted by atomic mass is 79.9. The molecular formula is C12H13BrN2O2. The molecule has 0 bridgehead atoms. The van der Waals surface area contributed by atoms with Gasteiger partial charge in [-0.3, -0.25) is 4.98 Å². The number of hydrogen-bond acceptors (Lipinski definition) is 4. The van der Waals surface area contributed by atoms with Crippen molar-refractivity contribution >= 4 is 15.9 Å². The molecule has 0 aromatic carbocycles. The van der Waals surface area contributed by atoms with Crippen LogP contribution in [0.4, 0.5) is 0 Å². The minimum Gasteiger partial charge on any atom is -0.495 e. The zero-order valence-corrected chi connectivity index (χ0v) is 11.2. The number of nitrogens with zero attached hydrogens (tertiary/aromatic N) is 1. The minimum absolute atomic E-state index is 0.0192. The van der Waals surface area contributed by atoms with Gasteiger partial charge in [-0.05, 0) is 40.7 Å². The summed E-state index contributed by atoms with van der Waals surface area (Å²) in [5.41, 5.74) is 2.05. The number of hydrogen-bond donors (Lipinski definition) is 1. The Labute approximate surface area is 108 Å². The van der Waals surface area contributed by atoms with Gasteiger partial charge in [-0.2, -0.15) is 0 Å². The first kappa shape index (κ1) is 12.1. The Balaban J connectivity index is 2.38. The average Bonchev–Trinajstić information content (AvgIpc) is 2.77. The molecule has 2 aromatic heterocycles. The van der Waals surface area contributed by atoms with Gasteiger partial charge < -0.3 is 14.5 Å². The first-order valence-corrected chi connectivity index (χ1v) is 5.94. The predicted molar refractivity (Wildman–Crippen MR) is 68.1 cm³/mol. The summed E-state index contributed by atoms with van der Waals surface area (Å²) in [6.07, 6.45) is 5.14. The lowest BCUT2D eigenvalue weighted by Gasteiger charge is -2.15. The first-order chi connectivity index (χ1) is 8.26. The highest BCUT2D eigenvalue weighted by Gasteiger charge is 2.17. The molecule has 1 N–H and O–H groups in total. The maximum Gasteiger partial charge on any atom is 0.174 e. The minimum atomic E-state index is 0.0192. The number of halogens is 1. The maximum absolute atomic E-state index is 5.25. The molecule has 0 aliphatic rings. The standard InChI is InChI=1S/C12H13BrN2O2/c1-14-11(10-3-4-17-12(10)13)8-5-9(16-2)7-15-6-8/h3-7,11,14H,1-2H3. The second kappa shape index (κ2) is 5.33. The molecule has 2 rings (SSSR count). The molecule has 2 heterocycles. The van der Waals surface area contributed by atoms with Gasteiger partial charge in [0.1, 0.15) is 5.75 Å². The number of methoxy groups -OCH3 is 1. The Morgan fingerprint density at radius 1 is 1.47 bits per heavy atom. The Kier molecular flexibility index (Phi) is 3.81. The molecular weight excluding hydrogens is 284 g/mol. The number of rotatable bonds is 4. The Morgan fingerprint density at radius 3 is 2.88 bits per heavy atom. The Bertz CT molecular complexity index is 499. The molecule has 90 valence electrons. The molecule has 17 heavy (non-hydrogen) atoms. The molecule has 0 saturated carbocycles. The van der Waals surface area contributed by atoms with E-state index in [1.165, 1.54) is 0 Å². The fourth-order valence-corrected chi connectivity index (χ4v) is 2.19. The number of nitrogens with one attached hydrogen (secondary N) is 1. The van der Waals surface area contributed by atoms with Gasteiger partial charge in [-0.25, -0.2) is 0 Å². The van der Waals surface area contributed by atoms with Crippen molar-refractivity contribution in [3.05, 3.63) is 46.6 Å². The third-order valence-electron chi connectivity index (χ3n) is 2.55. The van der Waals surface area contributed by atoms with Crippen molar-refractivity contribution in [1.29, 1.82) is 0 Å². The van der Waals surface area contributed by atoms with Crippen LogP contribution in [0, 0.1) is 0 Å². The Hall–Kier alpha value is -1.33. The van der Waals surface area contributed by atoms with E-state index in [9.17, 15) is 0 Å². The van der Waals surface area contributed by atoms with E-state index in [4.69, 9.17) is 9.15 Å². The highest BCUT2D eigenvalue weighted by molar-refractivity contribution is 9.10. The van der Waals surface area contributed by atoms with Crippen molar-refractivity contribution in [2.75, 3.05) is 14.2 Å². The van der Waals surface area contributed by atoms with Crippen LogP contribution in [0.25, 0.3) is 0 Å². The molecule has 0 aliphatic carbocycles. The van der Waals surface area contributed by atoms with Gasteiger partial charge in [0.05, 0.1) is 25.6 Å². The van der Waals surface area contributed by atoms with E-state index in [0.29, 0.717) is 0 Å². The first-order valence-electron chi connectivity index (χ1n) is 5.15. The zero-order valence-electron chi connectivity index (χ0n) is 9.61. The van der Waals surface area contributed by atoms with Gasteiger partial charge in [0.25, 0.3) is 0 Å². The summed E-state index contributed by atoms with van der Waals surface area (Å²) in [6.45, 7) is 0. The summed E-state index contributed by atoms with van der Waals surface area (Å²) in [5, 5.41) is 3.23. The quantitative estimate of drug-likeness (QED) is 0.942. The van der Waals surface area contributed by atoms with Crippen LogP contribution >= 0.6 is 15.9 Å². The van der Waals surface area contributed by atoms with Gasteiger partial charge in [0.15, 0.2) is 4.67 Å². The summed E-state index contributed by atoms with van der Waals surface area (Å²) in [5.74, 6) is 0.738. The van der Waals surface area contributed by atoms with Crippen molar-refractivity contribution in [2.24, 2.45) is 0 Å². The third-order valence-corrected chi connectivity index (χ3v) is 3.19. The lowest BCUT2D eigenvalue weighted by Crippen LogP contribution is -2.17. The summed E-state index contributed by atoms with van der Waals surface area (Å²) in [4.78, 5) is 4.15. The fourth-order valence-electron chi connectivity index (χ4n) is 1.72. The van der Waals surface area contributed by atoms with E-state index < -0.39 is 0 Å². The van der Waals surface area contributed by atoms with Crippen LogP contribution in [-0.2, 0) is 0 Å². The number of ether oxygens (including phenoxy) is 1. The van der Waals surface area contributed by atoms with Crippen LogP contribution in [0.1, 0.15) is 17.2 Å². The second-order valence-electron chi connectivity index (χ2n) is 3.53. The van der Waals surface area contributed by atoms with Crippen molar-refractivity contribution in [3.63, 3.8) is 0 Å². The van der Waals surface area contributed by atoms with E-state index in [1.54, 1.807) is 19.6 Å². The number of furan rings is 1. The molecule has 0 spiro atoms. The highest BCUT2D eigenvalue weighted by Crippen LogP contribution is 2.30. The smallest absolute Gasteiger partial charge is 0.174 e. The largest absolute Gasteiger partial charge is 0.495 e. The zero-order chi connectivity index (χ0) is 12.3. The summed E-state index contributed by atoms with van der Waals surface area (Å²) >= 11 is 3.38. The second-order valence-corrected chi connectivity index (χ2v) is 4.25. The van der Waals surface area contributed by atoms with Crippen molar-refractivity contribution < 1.29 is 9.15 Å². The maximum atomic E-state index is 5.25. The van der Waals surface area contributed by atoms with E-state index in [1.807, 2.05) is 25.4 Å². The molecule has 4 nitrogen and oxygen atoms in total. The van der Waals surface area contributed by atoms with Crippen LogP contribution in [-0.4, -0.2) is 19.1 Å². The molecule has 0 radical (unpaired) electrons. The monoisotopic (exact) mass is 296 g/mol. The molecule has 2 aromatic rings. The number of aromatic nitrogens is 1. The van der Waals surface area contributed by atoms with E-state index in [2.05, 4.69) is 26.2 Å². The molecule has 0 fully saturated rings. The summed E-state index contributed by atoms with van der Waals surface area (Å²) < 4.78 is 11.1. The van der Waals surface area contributed by atoms with Crippen LogP contribution in [0.3, 0.4) is 0 Å². The molecule has 1 unspecified atom stereocenters. The van der Waals surface area contributed by atoms with Crippen molar-refractivity contribution in [2.45, 2.75) is 6.04 Å². The van der Waals surface area contributed by atoms with Crippen LogP contribution in [0.5, 0.6) is 5.75 Å². The van der Waals surface area contributed by atoms with Crippen LogP contribution in [0.2, 0.25) is 0 Å². The van der Waals surface area contributed by atoms with Crippen molar-refractivity contribution in [3.8, 4) is 5.75 Å². The molecule has 5 heteroatoms. The van der Waals surface area contributed by atoms with Gasteiger partial charge in [-0.1, -0.05) is 0 Å². The average molecular weight is 297 g/mol. The van der Waals surface area contributed by atoms with E-state index in [-0.39, 0.29) is 6.04 Å². The van der Waals surface area contributed by atoms with E-state index >= 15 is 0 Å². The molecule has 0 saturated heterocycles.